The first kappa shape index (κ1) is 14.4. The number of hydrogen-bond donors (Lipinski definition) is 1. The van der Waals surface area contributed by atoms with Crippen molar-refractivity contribution in [3.05, 3.63) is 17.5 Å². The van der Waals surface area contributed by atoms with Gasteiger partial charge in [-0.25, -0.2) is 0 Å². The zero-order valence-corrected chi connectivity index (χ0v) is 12.7. The van der Waals surface area contributed by atoms with Gasteiger partial charge in [-0.3, -0.25) is 4.68 Å². The van der Waals surface area contributed by atoms with Crippen LogP contribution < -0.4 is 5.32 Å². The van der Waals surface area contributed by atoms with Gasteiger partial charge < -0.3 is 10.1 Å². The molecule has 2 fully saturated rings. The van der Waals surface area contributed by atoms with Gasteiger partial charge in [0.15, 0.2) is 0 Å². The van der Waals surface area contributed by atoms with Crippen molar-refractivity contribution < 1.29 is 4.74 Å². The Balaban J connectivity index is 0.00000121. The first-order chi connectivity index (χ1) is 9.40. The molecule has 4 nitrogen and oxygen atoms in total. The fraction of sp³-hybridized carbons (Fsp3) is 0.800. The molecule has 4 rings (SSSR count). The minimum absolute atomic E-state index is 0. The molecule has 0 amide bonds. The Morgan fingerprint density at radius 2 is 2.00 bits per heavy atom. The third kappa shape index (κ3) is 3.18. The molecular weight excluding hydrogens is 274 g/mol. The van der Waals surface area contributed by atoms with Crippen molar-refractivity contribution in [2.24, 2.45) is 11.8 Å². The van der Waals surface area contributed by atoms with E-state index in [2.05, 4.69) is 21.3 Å². The fourth-order valence-electron chi connectivity index (χ4n) is 2.95. The molecule has 2 heterocycles. The summed E-state index contributed by atoms with van der Waals surface area (Å²) in [5.74, 6) is 2.24. The number of nitrogens with one attached hydrogen (secondary N) is 1. The first-order valence-corrected chi connectivity index (χ1v) is 7.73. The Labute approximate surface area is 126 Å². The van der Waals surface area contributed by atoms with E-state index in [-0.39, 0.29) is 12.4 Å². The van der Waals surface area contributed by atoms with E-state index in [1.54, 1.807) is 0 Å². The van der Waals surface area contributed by atoms with Gasteiger partial charge in [-0.15, -0.1) is 12.4 Å². The van der Waals surface area contributed by atoms with E-state index in [1.807, 2.05) is 0 Å². The topological polar surface area (TPSA) is 39.1 Å². The van der Waals surface area contributed by atoms with Crippen LogP contribution in [0.1, 0.15) is 42.9 Å². The zero-order chi connectivity index (χ0) is 12.7. The summed E-state index contributed by atoms with van der Waals surface area (Å²) in [6.07, 6.45) is 7.59. The lowest BCUT2D eigenvalue weighted by Gasteiger charge is -2.24. The highest BCUT2D eigenvalue weighted by Crippen LogP contribution is 2.33. The van der Waals surface area contributed by atoms with Crippen molar-refractivity contribution in [3.8, 4) is 0 Å². The summed E-state index contributed by atoms with van der Waals surface area (Å²) in [7, 11) is 0. The molecule has 0 bridgehead atoms. The first-order valence-electron chi connectivity index (χ1n) is 7.73. The van der Waals surface area contributed by atoms with Crippen LogP contribution in [-0.2, 0) is 17.8 Å². The zero-order valence-electron chi connectivity index (χ0n) is 11.9. The van der Waals surface area contributed by atoms with E-state index < -0.39 is 0 Å². The maximum absolute atomic E-state index is 5.88. The maximum atomic E-state index is 5.88. The second-order valence-electron chi connectivity index (χ2n) is 6.48. The number of ether oxygens (including phenoxy) is 1. The predicted molar refractivity (Wildman–Crippen MR) is 80.2 cm³/mol. The van der Waals surface area contributed by atoms with E-state index in [4.69, 9.17) is 4.74 Å². The molecule has 1 N–H and O–H groups in total. The monoisotopic (exact) mass is 297 g/mol. The van der Waals surface area contributed by atoms with Gasteiger partial charge in [0.1, 0.15) is 0 Å². The standard InChI is InChI=1S/C15H23N3O.ClH/c1-2-11(1)8-18-15-7-16-5-13(14(15)6-17-18)10-19-9-12-3-4-12;/h6,11-13,16H,1-5,7-10H2;1H. The second-order valence-corrected chi connectivity index (χ2v) is 6.48. The average molecular weight is 298 g/mol. The lowest BCUT2D eigenvalue weighted by Crippen LogP contribution is -2.31. The molecule has 1 aliphatic heterocycles. The molecule has 1 atom stereocenters. The van der Waals surface area contributed by atoms with Crippen LogP contribution in [0, 0.1) is 11.8 Å². The normalized spacial score (nSPS) is 25.1. The molecule has 0 spiro atoms. The summed E-state index contributed by atoms with van der Waals surface area (Å²) in [5.41, 5.74) is 2.83. The summed E-state index contributed by atoms with van der Waals surface area (Å²) < 4.78 is 8.11. The third-order valence-corrected chi connectivity index (χ3v) is 4.60. The minimum Gasteiger partial charge on any atom is -0.380 e. The molecule has 1 unspecified atom stereocenters. The van der Waals surface area contributed by atoms with Crippen LogP contribution in [-0.4, -0.2) is 29.5 Å². The van der Waals surface area contributed by atoms with E-state index in [0.29, 0.717) is 5.92 Å². The van der Waals surface area contributed by atoms with Crippen LogP contribution in [0.4, 0.5) is 0 Å². The second kappa shape index (κ2) is 6.04. The number of halogens is 1. The molecule has 20 heavy (non-hydrogen) atoms. The van der Waals surface area contributed by atoms with Gasteiger partial charge in [0.25, 0.3) is 0 Å². The molecule has 3 aliphatic rings. The fourth-order valence-corrected chi connectivity index (χ4v) is 2.95. The Kier molecular flexibility index (Phi) is 4.34. The number of fused-ring (bicyclic) bond motifs is 1. The van der Waals surface area contributed by atoms with Gasteiger partial charge in [0.05, 0.1) is 18.5 Å². The predicted octanol–water partition coefficient (Wildman–Crippen LogP) is 2.33. The van der Waals surface area contributed by atoms with Crippen LogP contribution in [0.2, 0.25) is 0 Å². The van der Waals surface area contributed by atoms with E-state index >= 15 is 0 Å². The van der Waals surface area contributed by atoms with Crippen LogP contribution in [0.25, 0.3) is 0 Å². The molecule has 1 aromatic rings. The van der Waals surface area contributed by atoms with Gasteiger partial charge in [0, 0.05) is 37.7 Å². The molecule has 2 saturated carbocycles. The Hall–Kier alpha value is -0.580. The Bertz CT molecular complexity index is 454. The molecule has 2 aliphatic carbocycles. The van der Waals surface area contributed by atoms with Crippen molar-refractivity contribution in [1.29, 1.82) is 0 Å². The molecule has 0 aromatic carbocycles. The maximum Gasteiger partial charge on any atom is 0.0558 e. The highest BCUT2D eigenvalue weighted by atomic mass is 35.5. The molecule has 1 aromatic heterocycles. The number of aromatic nitrogens is 2. The average Bonchev–Trinajstić information content (AvgIpc) is 3.32. The van der Waals surface area contributed by atoms with Crippen molar-refractivity contribution in [2.75, 3.05) is 19.8 Å². The van der Waals surface area contributed by atoms with E-state index in [0.717, 1.165) is 44.7 Å². The van der Waals surface area contributed by atoms with Crippen molar-refractivity contribution in [1.82, 2.24) is 15.1 Å². The van der Waals surface area contributed by atoms with Gasteiger partial charge >= 0.3 is 0 Å². The number of hydrogen-bond acceptors (Lipinski definition) is 3. The summed E-state index contributed by atoms with van der Waals surface area (Å²) in [4.78, 5) is 0. The van der Waals surface area contributed by atoms with Crippen LogP contribution >= 0.6 is 12.4 Å². The van der Waals surface area contributed by atoms with Crippen LogP contribution in [0.3, 0.4) is 0 Å². The van der Waals surface area contributed by atoms with Gasteiger partial charge in [0.2, 0.25) is 0 Å². The van der Waals surface area contributed by atoms with E-state index in [9.17, 15) is 0 Å². The molecule has 112 valence electrons. The summed E-state index contributed by atoms with van der Waals surface area (Å²) in [6.45, 7) is 4.94. The highest BCUT2D eigenvalue weighted by molar-refractivity contribution is 5.85. The number of nitrogens with zero attached hydrogens (tertiary/aromatic N) is 2. The largest absolute Gasteiger partial charge is 0.380 e. The molecule has 0 radical (unpaired) electrons. The quantitative estimate of drug-likeness (QED) is 0.876. The lowest BCUT2D eigenvalue weighted by atomic mass is 9.97. The summed E-state index contributed by atoms with van der Waals surface area (Å²) in [5, 5.41) is 8.13. The number of rotatable bonds is 6. The van der Waals surface area contributed by atoms with Crippen LogP contribution in [0.15, 0.2) is 6.20 Å². The molecule has 5 heteroatoms. The van der Waals surface area contributed by atoms with E-state index in [1.165, 1.54) is 36.9 Å². The van der Waals surface area contributed by atoms with Gasteiger partial charge in [-0.1, -0.05) is 0 Å². The van der Waals surface area contributed by atoms with Crippen molar-refractivity contribution in [2.45, 2.75) is 44.7 Å². The van der Waals surface area contributed by atoms with Crippen molar-refractivity contribution >= 4 is 12.4 Å². The Morgan fingerprint density at radius 3 is 2.75 bits per heavy atom. The van der Waals surface area contributed by atoms with Gasteiger partial charge in [-0.05, 0) is 37.5 Å². The lowest BCUT2D eigenvalue weighted by molar-refractivity contribution is 0.108. The minimum atomic E-state index is 0. The summed E-state index contributed by atoms with van der Waals surface area (Å²) in [6, 6.07) is 0. The third-order valence-electron chi connectivity index (χ3n) is 4.60. The highest BCUT2D eigenvalue weighted by Gasteiger charge is 2.28. The van der Waals surface area contributed by atoms with Gasteiger partial charge in [-0.2, -0.15) is 5.10 Å². The van der Waals surface area contributed by atoms with Crippen molar-refractivity contribution in [3.63, 3.8) is 0 Å². The summed E-state index contributed by atoms with van der Waals surface area (Å²) >= 11 is 0. The Morgan fingerprint density at radius 1 is 1.20 bits per heavy atom. The molecular formula is C15H24ClN3O. The van der Waals surface area contributed by atoms with Crippen LogP contribution in [0.5, 0.6) is 0 Å². The SMILES string of the molecule is Cl.c1nn(CC2CC2)c2c1C(COCC1CC1)CNC2. The molecule has 0 saturated heterocycles. The smallest absolute Gasteiger partial charge is 0.0558 e.